The zero-order chi connectivity index (χ0) is 19.2. The minimum absolute atomic E-state index is 0.0140. The summed E-state index contributed by atoms with van der Waals surface area (Å²) in [6, 6.07) is 5.75. The maximum Gasteiger partial charge on any atom is 0.338 e. The molecular formula is C18H26N2O5S. The molecule has 1 aliphatic rings. The number of benzene rings is 1. The molecular weight excluding hydrogens is 356 g/mol. The molecule has 0 spiro atoms. The second kappa shape index (κ2) is 9.14. The van der Waals surface area contributed by atoms with Gasteiger partial charge >= 0.3 is 5.97 Å². The van der Waals surface area contributed by atoms with Crippen molar-refractivity contribution in [3.63, 3.8) is 0 Å². The van der Waals surface area contributed by atoms with Crippen molar-refractivity contribution in [2.75, 3.05) is 19.7 Å². The molecule has 1 aliphatic heterocycles. The van der Waals surface area contributed by atoms with Crippen LogP contribution in [-0.4, -0.2) is 50.3 Å². The van der Waals surface area contributed by atoms with Crippen molar-refractivity contribution in [2.45, 2.75) is 50.5 Å². The van der Waals surface area contributed by atoms with Gasteiger partial charge in [-0.2, -0.15) is 4.31 Å². The van der Waals surface area contributed by atoms with Gasteiger partial charge in [0.15, 0.2) is 6.61 Å². The van der Waals surface area contributed by atoms with E-state index in [1.807, 2.05) is 13.8 Å². The molecule has 1 heterocycles. The molecule has 1 atom stereocenters. The number of nitrogens with zero attached hydrogens (tertiary/aromatic N) is 1. The molecule has 1 amide bonds. The number of hydrogen-bond donors (Lipinski definition) is 1. The molecule has 0 aromatic heterocycles. The van der Waals surface area contributed by atoms with Gasteiger partial charge in [0.25, 0.3) is 5.91 Å². The fraction of sp³-hybridized carbons (Fsp3) is 0.556. The van der Waals surface area contributed by atoms with Crippen LogP contribution >= 0.6 is 0 Å². The Morgan fingerprint density at radius 1 is 1.27 bits per heavy atom. The molecule has 8 heteroatoms. The van der Waals surface area contributed by atoms with Crippen LogP contribution in [0, 0.1) is 0 Å². The first-order chi connectivity index (χ1) is 12.3. The Kier molecular flexibility index (Phi) is 7.16. The Hall–Kier alpha value is -1.93. The third-order valence-corrected chi connectivity index (χ3v) is 6.13. The summed E-state index contributed by atoms with van der Waals surface area (Å²) in [5.41, 5.74) is 0.111. The third-order valence-electron chi connectivity index (χ3n) is 4.24. The zero-order valence-electron chi connectivity index (χ0n) is 15.2. The molecule has 1 N–H and O–H groups in total. The highest BCUT2D eigenvalue weighted by atomic mass is 32.2. The summed E-state index contributed by atoms with van der Waals surface area (Å²) in [5, 5.41) is 2.74. The molecule has 144 valence electrons. The van der Waals surface area contributed by atoms with E-state index in [0.717, 1.165) is 25.7 Å². The molecule has 0 unspecified atom stereocenters. The van der Waals surface area contributed by atoms with Crippen LogP contribution in [0.4, 0.5) is 0 Å². The van der Waals surface area contributed by atoms with Crippen LogP contribution in [0.5, 0.6) is 0 Å². The van der Waals surface area contributed by atoms with Gasteiger partial charge in [-0.1, -0.05) is 19.4 Å². The maximum absolute atomic E-state index is 12.6. The van der Waals surface area contributed by atoms with E-state index in [4.69, 9.17) is 4.74 Å². The van der Waals surface area contributed by atoms with Crippen LogP contribution in [0.1, 0.15) is 49.9 Å². The summed E-state index contributed by atoms with van der Waals surface area (Å²) in [4.78, 5) is 24.0. The lowest BCUT2D eigenvalue weighted by molar-refractivity contribution is -0.124. The summed E-state index contributed by atoms with van der Waals surface area (Å²) in [6.45, 7) is 4.50. The van der Waals surface area contributed by atoms with E-state index in [1.54, 1.807) is 0 Å². The number of esters is 1. The van der Waals surface area contributed by atoms with Gasteiger partial charge in [-0.3, -0.25) is 4.79 Å². The lowest BCUT2D eigenvalue weighted by Gasteiger charge is -2.16. The molecule has 1 aromatic carbocycles. The third kappa shape index (κ3) is 5.28. The Morgan fingerprint density at radius 2 is 1.96 bits per heavy atom. The summed E-state index contributed by atoms with van der Waals surface area (Å²) in [7, 11) is -3.60. The fourth-order valence-electron chi connectivity index (χ4n) is 2.90. The highest BCUT2D eigenvalue weighted by Crippen LogP contribution is 2.21. The lowest BCUT2D eigenvalue weighted by Crippen LogP contribution is -2.35. The number of nitrogens with one attached hydrogen (secondary N) is 1. The molecule has 1 fully saturated rings. The van der Waals surface area contributed by atoms with Crippen LogP contribution in [0.2, 0.25) is 0 Å². The maximum atomic E-state index is 12.6. The number of carbonyl (C=O) groups excluding carboxylic acids is 2. The van der Waals surface area contributed by atoms with Crippen LogP contribution < -0.4 is 5.32 Å². The minimum Gasteiger partial charge on any atom is -0.452 e. The average Bonchev–Trinajstić information content (AvgIpc) is 3.15. The fourth-order valence-corrected chi connectivity index (χ4v) is 4.46. The summed E-state index contributed by atoms with van der Waals surface area (Å²) >= 11 is 0. The van der Waals surface area contributed by atoms with Crippen LogP contribution in [0.15, 0.2) is 29.2 Å². The van der Waals surface area contributed by atoms with Gasteiger partial charge in [-0.25, -0.2) is 13.2 Å². The smallest absolute Gasteiger partial charge is 0.338 e. The second-order valence-electron chi connectivity index (χ2n) is 6.47. The Bertz CT molecular complexity index is 742. The van der Waals surface area contributed by atoms with E-state index in [9.17, 15) is 18.0 Å². The number of rotatable bonds is 8. The van der Waals surface area contributed by atoms with Gasteiger partial charge in [0.2, 0.25) is 10.0 Å². The number of amides is 1. The molecule has 7 nitrogen and oxygen atoms in total. The van der Waals surface area contributed by atoms with Crippen molar-refractivity contribution in [2.24, 2.45) is 0 Å². The Labute approximate surface area is 154 Å². The number of carbonyl (C=O) groups is 2. The van der Waals surface area contributed by atoms with Gasteiger partial charge in [0.1, 0.15) is 0 Å². The van der Waals surface area contributed by atoms with E-state index in [0.29, 0.717) is 13.1 Å². The summed E-state index contributed by atoms with van der Waals surface area (Å²) in [5.74, 6) is -1.10. The lowest BCUT2D eigenvalue weighted by atomic mass is 10.2. The molecule has 1 saturated heterocycles. The molecule has 0 aliphatic carbocycles. The Morgan fingerprint density at radius 3 is 2.62 bits per heavy atom. The molecule has 0 saturated carbocycles. The van der Waals surface area contributed by atoms with Gasteiger partial charge in [0.05, 0.1) is 10.5 Å². The molecule has 0 radical (unpaired) electrons. The SMILES string of the molecule is CCC[C@H](C)NC(=O)COC(=O)c1cccc(S(=O)(=O)N2CCCC2)c1. The van der Waals surface area contributed by atoms with Crippen molar-refractivity contribution in [1.29, 1.82) is 0 Å². The Balaban J connectivity index is 1.98. The number of hydrogen-bond acceptors (Lipinski definition) is 5. The first-order valence-electron chi connectivity index (χ1n) is 8.91. The number of sulfonamides is 1. The van der Waals surface area contributed by atoms with Crippen LogP contribution in [0.3, 0.4) is 0 Å². The first-order valence-corrected chi connectivity index (χ1v) is 10.3. The summed E-state index contributed by atoms with van der Waals surface area (Å²) in [6.07, 6.45) is 3.47. The topological polar surface area (TPSA) is 92.8 Å². The highest BCUT2D eigenvalue weighted by Gasteiger charge is 2.27. The van der Waals surface area contributed by atoms with Gasteiger partial charge in [-0.05, 0) is 44.4 Å². The van der Waals surface area contributed by atoms with Gasteiger partial charge in [0, 0.05) is 19.1 Å². The minimum atomic E-state index is -3.60. The quantitative estimate of drug-likeness (QED) is 0.694. The molecule has 2 rings (SSSR count). The molecule has 1 aromatic rings. The number of ether oxygens (including phenoxy) is 1. The van der Waals surface area contributed by atoms with Crippen molar-refractivity contribution in [3.8, 4) is 0 Å². The standard InChI is InChI=1S/C18H26N2O5S/c1-3-7-14(2)19-17(21)13-25-18(22)15-8-6-9-16(12-15)26(23,24)20-10-4-5-11-20/h6,8-9,12,14H,3-5,7,10-11,13H2,1-2H3,(H,19,21)/t14-/m0/s1. The van der Waals surface area contributed by atoms with Crippen molar-refractivity contribution in [3.05, 3.63) is 29.8 Å². The van der Waals surface area contributed by atoms with E-state index >= 15 is 0 Å². The predicted molar refractivity (Wildman–Crippen MR) is 97.2 cm³/mol. The summed E-state index contributed by atoms with van der Waals surface area (Å²) < 4.78 is 31.6. The molecule has 26 heavy (non-hydrogen) atoms. The van der Waals surface area contributed by atoms with E-state index in [-0.39, 0.29) is 22.4 Å². The first kappa shape index (κ1) is 20.4. The van der Waals surface area contributed by atoms with Crippen molar-refractivity contribution < 1.29 is 22.7 Å². The van der Waals surface area contributed by atoms with E-state index in [2.05, 4.69) is 5.32 Å². The van der Waals surface area contributed by atoms with Gasteiger partial charge in [-0.15, -0.1) is 0 Å². The van der Waals surface area contributed by atoms with Crippen molar-refractivity contribution in [1.82, 2.24) is 9.62 Å². The van der Waals surface area contributed by atoms with E-state index < -0.39 is 22.6 Å². The second-order valence-corrected chi connectivity index (χ2v) is 8.41. The average molecular weight is 382 g/mol. The monoisotopic (exact) mass is 382 g/mol. The van der Waals surface area contributed by atoms with Crippen LogP contribution in [-0.2, 0) is 19.6 Å². The zero-order valence-corrected chi connectivity index (χ0v) is 16.0. The van der Waals surface area contributed by atoms with Crippen molar-refractivity contribution >= 4 is 21.9 Å². The predicted octanol–water partition coefficient (Wildman–Crippen LogP) is 1.93. The van der Waals surface area contributed by atoms with E-state index in [1.165, 1.54) is 28.6 Å². The normalized spacial score (nSPS) is 16.2. The largest absolute Gasteiger partial charge is 0.452 e. The highest BCUT2D eigenvalue weighted by molar-refractivity contribution is 7.89. The van der Waals surface area contributed by atoms with Gasteiger partial charge < -0.3 is 10.1 Å². The molecule has 0 bridgehead atoms. The van der Waals surface area contributed by atoms with Crippen LogP contribution in [0.25, 0.3) is 0 Å².